The van der Waals surface area contributed by atoms with Crippen LogP contribution in [0.2, 0.25) is 0 Å². The standard InChI is InChI=1S/C24H28N2O/c1-3-5-6-7-20-12-14-22(15-13-20)23-16-26-24(17-25-23)27-18-21-10-8-19(4-2)9-11-21/h8-17H,3-7,18H2,1-2H3. The predicted molar refractivity (Wildman–Crippen MR) is 111 cm³/mol. The number of rotatable bonds is 9. The molecule has 0 amide bonds. The number of aromatic nitrogens is 2. The highest BCUT2D eigenvalue weighted by molar-refractivity contribution is 5.58. The van der Waals surface area contributed by atoms with E-state index in [9.17, 15) is 0 Å². The maximum absolute atomic E-state index is 5.76. The Kier molecular flexibility index (Phi) is 6.97. The van der Waals surface area contributed by atoms with Crippen LogP contribution in [0.1, 0.15) is 49.8 Å². The molecular weight excluding hydrogens is 332 g/mol. The van der Waals surface area contributed by atoms with E-state index in [2.05, 4.69) is 72.3 Å². The summed E-state index contributed by atoms with van der Waals surface area (Å²) in [5, 5.41) is 0. The number of nitrogens with zero attached hydrogens (tertiary/aromatic N) is 2. The van der Waals surface area contributed by atoms with Crippen LogP contribution in [-0.2, 0) is 19.4 Å². The first-order chi connectivity index (χ1) is 13.3. The second-order valence-electron chi connectivity index (χ2n) is 6.85. The molecule has 0 spiro atoms. The highest BCUT2D eigenvalue weighted by Crippen LogP contribution is 2.19. The molecule has 2 aromatic carbocycles. The van der Waals surface area contributed by atoms with Crippen LogP contribution < -0.4 is 4.74 Å². The van der Waals surface area contributed by atoms with Gasteiger partial charge in [-0.3, -0.25) is 0 Å². The van der Waals surface area contributed by atoms with E-state index in [0.717, 1.165) is 29.7 Å². The molecule has 3 nitrogen and oxygen atoms in total. The predicted octanol–water partition coefficient (Wildman–Crippen LogP) is 6.02. The minimum Gasteiger partial charge on any atom is -0.472 e. The van der Waals surface area contributed by atoms with Crippen molar-refractivity contribution in [3.05, 3.63) is 77.6 Å². The van der Waals surface area contributed by atoms with Crippen molar-refractivity contribution in [2.24, 2.45) is 0 Å². The van der Waals surface area contributed by atoms with Crippen LogP contribution in [0.4, 0.5) is 0 Å². The largest absolute Gasteiger partial charge is 0.472 e. The summed E-state index contributed by atoms with van der Waals surface area (Å²) in [6.07, 6.45) is 9.47. The zero-order chi connectivity index (χ0) is 18.9. The average Bonchev–Trinajstić information content (AvgIpc) is 2.74. The minimum atomic E-state index is 0.504. The molecule has 0 saturated heterocycles. The zero-order valence-electron chi connectivity index (χ0n) is 16.3. The van der Waals surface area contributed by atoms with Gasteiger partial charge in [0.15, 0.2) is 0 Å². The normalized spacial score (nSPS) is 10.7. The summed E-state index contributed by atoms with van der Waals surface area (Å²) in [6.45, 7) is 4.89. The van der Waals surface area contributed by atoms with Gasteiger partial charge in [-0.15, -0.1) is 0 Å². The van der Waals surface area contributed by atoms with Gasteiger partial charge in [-0.2, -0.15) is 0 Å². The second kappa shape index (κ2) is 9.86. The lowest BCUT2D eigenvalue weighted by Crippen LogP contribution is -1.98. The van der Waals surface area contributed by atoms with E-state index in [4.69, 9.17) is 4.74 Å². The van der Waals surface area contributed by atoms with Crippen LogP contribution in [0, 0.1) is 0 Å². The average molecular weight is 361 g/mol. The van der Waals surface area contributed by atoms with Crippen molar-refractivity contribution in [2.75, 3.05) is 0 Å². The van der Waals surface area contributed by atoms with E-state index < -0.39 is 0 Å². The van der Waals surface area contributed by atoms with Gasteiger partial charge in [0, 0.05) is 5.56 Å². The van der Waals surface area contributed by atoms with Crippen molar-refractivity contribution in [1.29, 1.82) is 0 Å². The molecule has 1 heterocycles. The van der Waals surface area contributed by atoms with Crippen LogP contribution >= 0.6 is 0 Å². The molecule has 3 heteroatoms. The molecule has 0 aliphatic heterocycles. The Hall–Kier alpha value is -2.68. The first-order valence-electron chi connectivity index (χ1n) is 9.90. The Morgan fingerprint density at radius 2 is 1.44 bits per heavy atom. The Morgan fingerprint density at radius 1 is 0.741 bits per heavy atom. The SMILES string of the molecule is CCCCCc1ccc(-c2cnc(OCc3ccc(CC)cc3)cn2)cc1. The van der Waals surface area contributed by atoms with E-state index in [1.807, 2.05) is 0 Å². The summed E-state index contributed by atoms with van der Waals surface area (Å²) >= 11 is 0. The smallest absolute Gasteiger partial charge is 0.232 e. The number of hydrogen-bond donors (Lipinski definition) is 0. The Balaban J connectivity index is 1.56. The molecule has 0 fully saturated rings. The van der Waals surface area contributed by atoms with Crippen molar-refractivity contribution < 1.29 is 4.74 Å². The summed E-state index contributed by atoms with van der Waals surface area (Å²) < 4.78 is 5.76. The molecule has 0 bridgehead atoms. The summed E-state index contributed by atoms with van der Waals surface area (Å²) in [6, 6.07) is 17.1. The van der Waals surface area contributed by atoms with Crippen molar-refractivity contribution in [1.82, 2.24) is 9.97 Å². The molecule has 0 aliphatic carbocycles. The Bertz CT molecular complexity index is 809. The van der Waals surface area contributed by atoms with E-state index in [0.29, 0.717) is 12.5 Å². The molecule has 27 heavy (non-hydrogen) atoms. The molecule has 0 unspecified atom stereocenters. The third-order valence-corrected chi connectivity index (χ3v) is 4.76. The maximum Gasteiger partial charge on any atom is 0.232 e. The molecule has 0 atom stereocenters. The highest BCUT2D eigenvalue weighted by Gasteiger charge is 2.03. The number of unbranched alkanes of at least 4 members (excludes halogenated alkanes) is 2. The summed E-state index contributed by atoms with van der Waals surface area (Å²) in [4.78, 5) is 8.91. The number of ether oxygens (including phenoxy) is 1. The first-order valence-corrected chi connectivity index (χ1v) is 9.90. The third-order valence-electron chi connectivity index (χ3n) is 4.76. The molecule has 0 radical (unpaired) electrons. The second-order valence-corrected chi connectivity index (χ2v) is 6.85. The van der Waals surface area contributed by atoms with Crippen molar-refractivity contribution in [3.63, 3.8) is 0 Å². The lowest BCUT2D eigenvalue weighted by molar-refractivity contribution is 0.292. The molecule has 140 valence electrons. The van der Waals surface area contributed by atoms with Crippen LogP contribution in [0.5, 0.6) is 5.88 Å². The zero-order valence-corrected chi connectivity index (χ0v) is 16.3. The molecule has 3 aromatic rings. The third kappa shape index (κ3) is 5.65. The van der Waals surface area contributed by atoms with Crippen molar-refractivity contribution in [2.45, 2.75) is 52.6 Å². The summed E-state index contributed by atoms with van der Waals surface area (Å²) in [5.41, 5.74) is 5.81. The molecule has 1 aromatic heterocycles. The van der Waals surface area contributed by atoms with Crippen LogP contribution in [-0.4, -0.2) is 9.97 Å². The van der Waals surface area contributed by atoms with Gasteiger partial charge in [-0.25, -0.2) is 9.97 Å². The van der Waals surface area contributed by atoms with Crippen LogP contribution in [0.25, 0.3) is 11.3 Å². The Labute approximate surface area is 162 Å². The molecular formula is C24H28N2O. The van der Waals surface area contributed by atoms with Crippen molar-refractivity contribution in [3.8, 4) is 17.1 Å². The van der Waals surface area contributed by atoms with Gasteiger partial charge in [-0.05, 0) is 36.0 Å². The van der Waals surface area contributed by atoms with Crippen molar-refractivity contribution >= 4 is 0 Å². The topological polar surface area (TPSA) is 35.0 Å². The monoisotopic (exact) mass is 360 g/mol. The van der Waals surface area contributed by atoms with E-state index >= 15 is 0 Å². The summed E-state index contributed by atoms with van der Waals surface area (Å²) in [5.74, 6) is 0.550. The molecule has 3 rings (SSSR count). The van der Waals surface area contributed by atoms with E-state index in [-0.39, 0.29) is 0 Å². The molecule has 0 saturated carbocycles. The quantitative estimate of drug-likeness (QED) is 0.438. The fourth-order valence-corrected chi connectivity index (χ4v) is 2.99. The number of aryl methyl sites for hydroxylation is 2. The fraction of sp³-hybridized carbons (Fsp3) is 0.333. The Morgan fingerprint density at radius 3 is 2.07 bits per heavy atom. The fourth-order valence-electron chi connectivity index (χ4n) is 2.99. The van der Waals surface area contributed by atoms with E-state index in [1.54, 1.807) is 12.4 Å². The van der Waals surface area contributed by atoms with Crippen LogP contribution in [0.3, 0.4) is 0 Å². The van der Waals surface area contributed by atoms with Crippen LogP contribution in [0.15, 0.2) is 60.9 Å². The minimum absolute atomic E-state index is 0.504. The molecule has 0 N–H and O–H groups in total. The van der Waals surface area contributed by atoms with Gasteiger partial charge >= 0.3 is 0 Å². The van der Waals surface area contributed by atoms with E-state index in [1.165, 1.54) is 30.4 Å². The lowest BCUT2D eigenvalue weighted by atomic mass is 10.0. The van der Waals surface area contributed by atoms with Gasteiger partial charge in [-0.1, -0.05) is 75.2 Å². The first kappa shape index (κ1) is 19.1. The maximum atomic E-state index is 5.76. The number of benzene rings is 2. The number of hydrogen-bond acceptors (Lipinski definition) is 3. The summed E-state index contributed by atoms with van der Waals surface area (Å²) in [7, 11) is 0. The highest BCUT2D eigenvalue weighted by atomic mass is 16.5. The van der Waals surface area contributed by atoms with Gasteiger partial charge in [0.1, 0.15) is 6.61 Å². The van der Waals surface area contributed by atoms with Gasteiger partial charge in [0.2, 0.25) is 5.88 Å². The lowest BCUT2D eigenvalue weighted by Gasteiger charge is -2.07. The van der Waals surface area contributed by atoms with Gasteiger partial charge < -0.3 is 4.74 Å². The molecule has 0 aliphatic rings. The van der Waals surface area contributed by atoms with Gasteiger partial charge in [0.25, 0.3) is 0 Å². The van der Waals surface area contributed by atoms with Gasteiger partial charge in [0.05, 0.1) is 18.1 Å².